The Kier molecular flexibility index (Phi) is 4.31. The first-order chi connectivity index (χ1) is 8.57. The molecule has 2 rings (SSSR count). The number of carbonyl (C=O) groups excluding carboxylic acids is 1. The maximum atomic E-state index is 12.5. The van der Waals surface area contributed by atoms with E-state index in [0.717, 1.165) is 50.6 Å². The lowest BCUT2D eigenvalue weighted by molar-refractivity contribution is -0.131. The van der Waals surface area contributed by atoms with Crippen molar-refractivity contribution in [2.24, 2.45) is 17.3 Å². The smallest absolute Gasteiger partial charge is 0.227 e. The zero-order valence-corrected chi connectivity index (χ0v) is 12.1. The highest BCUT2D eigenvalue weighted by Gasteiger charge is 2.40. The molecule has 0 bridgehead atoms. The van der Waals surface area contributed by atoms with E-state index in [1.807, 2.05) is 0 Å². The minimum absolute atomic E-state index is 0.133. The van der Waals surface area contributed by atoms with Gasteiger partial charge < -0.3 is 10.6 Å². The van der Waals surface area contributed by atoms with Crippen LogP contribution in [0.15, 0.2) is 0 Å². The van der Waals surface area contributed by atoms with Crippen molar-refractivity contribution >= 4 is 5.91 Å². The Morgan fingerprint density at radius 1 is 1.33 bits per heavy atom. The third-order valence-corrected chi connectivity index (χ3v) is 5.34. The van der Waals surface area contributed by atoms with Crippen LogP contribution in [0.4, 0.5) is 0 Å². The molecule has 1 saturated heterocycles. The van der Waals surface area contributed by atoms with Crippen LogP contribution < -0.4 is 10.6 Å². The first-order valence-corrected chi connectivity index (χ1v) is 7.59. The molecule has 0 aromatic heterocycles. The third-order valence-electron chi connectivity index (χ3n) is 5.34. The van der Waals surface area contributed by atoms with Gasteiger partial charge in [-0.3, -0.25) is 4.79 Å². The van der Waals surface area contributed by atoms with Crippen molar-refractivity contribution in [1.29, 1.82) is 0 Å². The molecule has 1 amide bonds. The number of nitrogens with one attached hydrogen (secondary N) is 2. The molecule has 2 fully saturated rings. The average Bonchev–Trinajstić information content (AvgIpc) is 2.84. The minimum atomic E-state index is -0.133. The molecule has 1 aliphatic heterocycles. The van der Waals surface area contributed by atoms with Crippen LogP contribution >= 0.6 is 0 Å². The second kappa shape index (κ2) is 5.60. The summed E-state index contributed by atoms with van der Waals surface area (Å²) in [6, 6.07) is 0.410. The van der Waals surface area contributed by atoms with Gasteiger partial charge in [0, 0.05) is 12.6 Å². The number of rotatable bonds is 3. The number of hydrogen-bond donors (Lipinski definition) is 2. The molecule has 18 heavy (non-hydrogen) atoms. The molecule has 1 aliphatic carbocycles. The Hall–Kier alpha value is -0.570. The molecular formula is C15H28N2O. The number of hydrogen-bond acceptors (Lipinski definition) is 2. The highest BCUT2D eigenvalue weighted by Crippen LogP contribution is 2.32. The Morgan fingerprint density at radius 2 is 2.11 bits per heavy atom. The van der Waals surface area contributed by atoms with Crippen molar-refractivity contribution in [2.75, 3.05) is 13.1 Å². The molecule has 4 unspecified atom stereocenters. The van der Waals surface area contributed by atoms with Crippen LogP contribution in [0.3, 0.4) is 0 Å². The molecule has 0 aromatic carbocycles. The SMILES string of the molecule is CCC1(C(=O)NC2CCC(C)C(C)C2)CCNC1. The molecule has 4 atom stereocenters. The average molecular weight is 252 g/mol. The van der Waals surface area contributed by atoms with Crippen LogP contribution in [0.25, 0.3) is 0 Å². The van der Waals surface area contributed by atoms with Crippen LogP contribution in [0, 0.1) is 17.3 Å². The molecule has 2 N–H and O–H groups in total. The molecule has 104 valence electrons. The van der Waals surface area contributed by atoms with Crippen molar-refractivity contribution in [3.8, 4) is 0 Å². The molecule has 0 aromatic rings. The number of amides is 1. The van der Waals surface area contributed by atoms with Gasteiger partial charge in [0.1, 0.15) is 0 Å². The molecule has 1 saturated carbocycles. The van der Waals surface area contributed by atoms with E-state index < -0.39 is 0 Å². The lowest BCUT2D eigenvalue weighted by atomic mass is 9.78. The van der Waals surface area contributed by atoms with Gasteiger partial charge in [0.15, 0.2) is 0 Å². The Balaban J connectivity index is 1.91. The van der Waals surface area contributed by atoms with Crippen LogP contribution in [0.5, 0.6) is 0 Å². The summed E-state index contributed by atoms with van der Waals surface area (Å²) < 4.78 is 0. The fraction of sp³-hybridized carbons (Fsp3) is 0.933. The topological polar surface area (TPSA) is 41.1 Å². The predicted octanol–water partition coefficient (Wildman–Crippen LogP) is 2.32. The summed E-state index contributed by atoms with van der Waals surface area (Å²) in [5, 5.41) is 6.66. The summed E-state index contributed by atoms with van der Waals surface area (Å²) in [5.41, 5.74) is -0.133. The summed E-state index contributed by atoms with van der Waals surface area (Å²) in [6.45, 7) is 8.62. The summed E-state index contributed by atoms with van der Waals surface area (Å²) >= 11 is 0. The highest BCUT2D eigenvalue weighted by molar-refractivity contribution is 5.83. The standard InChI is InChI=1S/C15H28N2O/c1-4-15(7-8-16-10-15)14(18)17-13-6-5-11(2)12(3)9-13/h11-13,16H,4-10H2,1-3H3,(H,17,18). The van der Waals surface area contributed by atoms with Crippen LogP contribution in [0.2, 0.25) is 0 Å². The van der Waals surface area contributed by atoms with Gasteiger partial charge in [-0.05, 0) is 50.5 Å². The van der Waals surface area contributed by atoms with Crippen molar-refractivity contribution in [3.63, 3.8) is 0 Å². The van der Waals surface area contributed by atoms with Gasteiger partial charge in [-0.15, -0.1) is 0 Å². The van der Waals surface area contributed by atoms with Crippen molar-refractivity contribution < 1.29 is 4.79 Å². The summed E-state index contributed by atoms with van der Waals surface area (Å²) in [7, 11) is 0. The largest absolute Gasteiger partial charge is 0.353 e. The molecule has 3 heteroatoms. The van der Waals surface area contributed by atoms with E-state index in [0.29, 0.717) is 11.9 Å². The van der Waals surface area contributed by atoms with Crippen LogP contribution in [0.1, 0.15) is 52.9 Å². The molecular weight excluding hydrogens is 224 g/mol. The first kappa shape index (κ1) is 13.9. The van der Waals surface area contributed by atoms with Gasteiger partial charge in [-0.1, -0.05) is 20.8 Å². The molecule has 0 radical (unpaired) electrons. The van der Waals surface area contributed by atoms with Crippen molar-refractivity contribution in [1.82, 2.24) is 10.6 Å². The molecule has 2 aliphatic rings. The Bertz CT molecular complexity index is 297. The highest BCUT2D eigenvalue weighted by atomic mass is 16.2. The predicted molar refractivity (Wildman–Crippen MR) is 74.3 cm³/mol. The second-order valence-corrected chi connectivity index (χ2v) is 6.50. The quantitative estimate of drug-likeness (QED) is 0.809. The lowest BCUT2D eigenvalue weighted by Crippen LogP contribution is -2.48. The summed E-state index contributed by atoms with van der Waals surface area (Å²) in [6.07, 6.45) is 5.51. The monoisotopic (exact) mass is 252 g/mol. The zero-order valence-electron chi connectivity index (χ0n) is 12.1. The lowest BCUT2D eigenvalue weighted by Gasteiger charge is -2.35. The maximum Gasteiger partial charge on any atom is 0.227 e. The van der Waals surface area contributed by atoms with Gasteiger partial charge in [0.05, 0.1) is 5.41 Å². The Morgan fingerprint density at radius 3 is 2.67 bits per heavy atom. The van der Waals surface area contributed by atoms with Crippen LogP contribution in [-0.4, -0.2) is 25.0 Å². The van der Waals surface area contributed by atoms with E-state index in [4.69, 9.17) is 0 Å². The molecule has 0 spiro atoms. The van der Waals surface area contributed by atoms with Crippen molar-refractivity contribution in [2.45, 2.75) is 58.9 Å². The van der Waals surface area contributed by atoms with Gasteiger partial charge >= 0.3 is 0 Å². The minimum Gasteiger partial charge on any atom is -0.353 e. The van der Waals surface area contributed by atoms with Gasteiger partial charge in [-0.2, -0.15) is 0 Å². The Labute approximate surface area is 111 Å². The molecule has 3 nitrogen and oxygen atoms in total. The fourth-order valence-corrected chi connectivity index (χ4v) is 3.42. The van der Waals surface area contributed by atoms with E-state index in [1.165, 1.54) is 6.42 Å². The van der Waals surface area contributed by atoms with E-state index in [1.54, 1.807) is 0 Å². The normalized spacial score (nSPS) is 40.7. The first-order valence-electron chi connectivity index (χ1n) is 7.59. The third kappa shape index (κ3) is 2.71. The maximum absolute atomic E-state index is 12.5. The van der Waals surface area contributed by atoms with Crippen LogP contribution in [-0.2, 0) is 4.79 Å². The van der Waals surface area contributed by atoms with E-state index in [2.05, 4.69) is 31.4 Å². The van der Waals surface area contributed by atoms with Crippen molar-refractivity contribution in [3.05, 3.63) is 0 Å². The van der Waals surface area contributed by atoms with E-state index in [9.17, 15) is 4.79 Å². The van der Waals surface area contributed by atoms with E-state index in [-0.39, 0.29) is 5.41 Å². The zero-order chi connectivity index (χ0) is 13.2. The molecule has 1 heterocycles. The fourth-order valence-electron chi connectivity index (χ4n) is 3.42. The summed E-state index contributed by atoms with van der Waals surface area (Å²) in [4.78, 5) is 12.5. The van der Waals surface area contributed by atoms with Gasteiger partial charge in [0.25, 0.3) is 0 Å². The summed E-state index contributed by atoms with van der Waals surface area (Å²) in [5.74, 6) is 1.84. The van der Waals surface area contributed by atoms with Gasteiger partial charge in [0.2, 0.25) is 5.91 Å². The van der Waals surface area contributed by atoms with Gasteiger partial charge in [-0.25, -0.2) is 0 Å². The van der Waals surface area contributed by atoms with E-state index >= 15 is 0 Å². The number of carbonyl (C=O) groups is 1. The second-order valence-electron chi connectivity index (χ2n) is 6.50.